The quantitative estimate of drug-likeness (QED) is 0.829. The molecule has 3 unspecified atom stereocenters. The van der Waals surface area contributed by atoms with Crippen LogP contribution in [0.1, 0.15) is 31.1 Å². The molecule has 1 aliphatic carbocycles. The highest BCUT2D eigenvalue weighted by molar-refractivity contribution is 7.99. The molecule has 0 radical (unpaired) electrons. The van der Waals surface area contributed by atoms with Gasteiger partial charge in [0, 0.05) is 17.8 Å². The van der Waals surface area contributed by atoms with Crippen LogP contribution in [-0.2, 0) is 0 Å². The Bertz CT molecular complexity index is 302. The summed E-state index contributed by atoms with van der Waals surface area (Å²) in [6, 6.07) is 4.16. The maximum absolute atomic E-state index is 9.87. The first-order valence-electron chi connectivity index (χ1n) is 5.79. The lowest BCUT2D eigenvalue weighted by Gasteiger charge is -2.20. The number of hydrogen-bond acceptors (Lipinski definition) is 4. The third-order valence-electron chi connectivity index (χ3n) is 3.20. The maximum Gasteiger partial charge on any atom is 0.133 e. The number of rotatable bonds is 5. The average molecular weight is 241 g/mol. The van der Waals surface area contributed by atoms with E-state index in [9.17, 15) is 5.11 Å². The first-order valence-corrected chi connectivity index (χ1v) is 7.07. The van der Waals surface area contributed by atoms with Gasteiger partial charge in [-0.25, -0.2) is 0 Å². The van der Waals surface area contributed by atoms with Crippen molar-refractivity contribution in [1.29, 1.82) is 0 Å². The molecule has 16 heavy (non-hydrogen) atoms. The van der Waals surface area contributed by atoms with Crippen molar-refractivity contribution in [3.63, 3.8) is 0 Å². The van der Waals surface area contributed by atoms with E-state index in [0.717, 1.165) is 0 Å². The number of nitrogens with one attached hydrogen (secondary N) is 1. The van der Waals surface area contributed by atoms with Crippen LogP contribution in [0.25, 0.3) is 0 Å². The van der Waals surface area contributed by atoms with Crippen LogP contribution < -0.4 is 5.32 Å². The topological polar surface area (TPSA) is 45.4 Å². The van der Waals surface area contributed by atoms with E-state index in [1.165, 1.54) is 19.3 Å². The van der Waals surface area contributed by atoms with Gasteiger partial charge in [-0.3, -0.25) is 0 Å². The van der Waals surface area contributed by atoms with Crippen molar-refractivity contribution >= 4 is 11.8 Å². The first-order chi connectivity index (χ1) is 7.81. The van der Waals surface area contributed by atoms with Gasteiger partial charge in [-0.05, 0) is 31.2 Å². The third-order valence-corrected chi connectivity index (χ3v) is 4.37. The van der Waals surface area contributed by atoms with Crippen LogP contribution in [0.3, 0.4) is 0 Å². The Morgan fingerprint density at radius 2 is 2.50 bits per heavy atom. The zero-order valence-electron chi connectivity index (χ0n) is 9.56. The number of furan rings is 1. The number of thioether (sulfide) groups is 1. The Kier molecular flexibility index (Phi) is 4.32. The minimum atomic E-state index is -0.530. The van der Waals surface area contributed by atoms with Crippen molar-refractivity contribution in [1.82, 2.24) is 5.32 Å². The summed E-state index contributed by atoms with van der Waals surface area (Å²) in [6.07, 6.45) is 7.02. The fourth-order valence-electron chi connectivity index (χ4n) is 2.29. The lowest BCUT2D eigenvalue weighted by atomic mass is 10.2. The highest BCUT2D eigenvalue weighted by Gasteiger charge is 2.26. The molecule has 1 aromatic rings. The van der Waals surface area contributed by atoms with E-state index in [4.69, 9.17) is 4.42 Å². The zero-order chi connectivity index (χ0) is 11.4. The van der Waals surface area contributed by atoms with E-state index >= 15 is 0 Å². The molecule has 4 heteroatoms. The fourth-order valence-corrected chi connectivity index (χ4v) is 3.25. The SMILES string of the molecule is CSC1CCCC1NCC(O)c1ccco1. The van der Waals surface area contributed by atoms with Crippen LogP contribution in [0.2, 0.25) is 0 Å². The summed E-state index contributed by atoms with van der Waals surface area (Å²) in [4.78, 5) is 0. The summed E-state index contributed by atoms with van der Waals surface area (Å²) in [5, 5.41) is 14.0. The Labute approximate surface area is 101 Å². The molecule has 0 amide bonds. The van der Waals surface area contributed by atoms with Crippen LogP contribution in [-0.4, -0.2) is 29.2 Å². The van der Waals surface area contributed by atoms with Gasteiger partial charge in [-0.2, -0.15) is 11.8 Å². The van der Waals surface area contributed by atoms with Gasteiger partial charge in [0.1, 0.15) is 11.9 Å². The molecule has 0 saturated heterocycles. The number of aliphatic hydroxyl groups is 1. The Hall–Kier alpha value is -0.450. The molecule has 0 aromatic carbocycles. The smallest absolute Gasteiger partial charge is 0.133 e. The van der Waals surface area contributed by atoms with Crippen molar-refractivity contribution < 1.29 is 9.52 Å². The summed E-state index contributed by atoms with van der Waals surface area (Å²) < 4.78 is 5.17. The van der Waals surface area contributed by atoms with E-state index in [2.05, 4.69) is 11.6 Å². The van der Waals surface area contributed by atoms with Gasteiger partial charge in [-0.15, -0.1) is 0 Å². The van der Waals surface area contributed by atoms with Gasteiger partial charge >= 0.3 is 0 Å². The predicted molar refractivity (Wildman–Crippen MR) is 66.6 cm³/mol. The summed E-state index contributed by atoms with van der Waals surface area (Å²) >= 11 is 1.92. The maximum atomic E-state index is 9.87. The number of aliphatic hydroxyl groups excluding tert-OH is 1. The molecule has 0 spiro atoms. The highest BCUT2D eigenvalue weighted by atomic mass is 32.2. The molecular weight excluding hydrogens is 222 g/mol. The van der Waals surface area contributed by atoms with Crippen molar-refractivity contribution in [2.75, 3.05) is 12.8 Å². The molecule has 1 fully saturated rings. The second-order valence-corrected chi connectivity index (χ2v) is 5.33. The Morgan fingerprint density at radius 3 is 3.19 bits per heavy atom. The standard InChI is InChI=1S/C12H19NO2S/c1-16-12-6-2-4-9(12)13-8-10(14)11-5-3-7-15-11/h3,5,7,9-10,12-14H,2,4,6,8H2,1H3. The summed E-state index contributed by atoms with van der Waals surface area (Å²) in [5.41, 5.74) is 0. The van der Waals surface area contributed by atoms with Crippen LogP contribution in [0.15, 0.2) is 22.8 Å². The molecule has 1 aromatic heterocycles. The average Bonchev–Trinajstić information content (AvgIpc) is 2.96. The third kappa shape index (κ3) is 2.81. The first kappa shape index (κ1) is 12.0. The normalized spacial score (nSPS) is 27.1. The molecule has 0 aliphatic heterocycles. The van der Waals surface area contributed by atoms with E-state index in [0.29, 0.717) is 23.6 Å². The van der Waals surface area contributed by atoms with Gasteiger partial charge < -0.3 is 14.8 Å². The molecule has 0 bridgehead atoms. The molecule has 1 saturated carbocycles. The van der Waals surface area contributed by atoms with Crippen LogP contribution in [0.5, 0.6) is 0 Å². The molecule has 1 heterocycles. The predicted octanol–water partition coefficient (Wildman–Crippen LogP) is 2.19. The van der Waals surface area contributed by atoms with Gasteiger partial charge in [0.15, 0.2) is 0 Å². The Balaban J connectivity index is 1.78. The van der Waals surface area contributed by atoms with Crippen molar-refractivity contribution in [2.24, 2.45) is 0 Å². The zero-order valence-corrected chi connectivity index (χ0v) is 10.4. The van der Waals surface area contributed by atoms with E-state index in [-0.39, 0.29) is 0 Å². The van der Waals surface area contributed by atoms with Crippen molar-refractivity contribution in [2.45, 2.75) is 36.7 Å². The largest absolute Gasteiger partial charge is 0.467 e. The molecule has 1 aliphatic rings. The highest BCUT2D eigenvalue weighted by Crippen LogP contribution is 2.28. The van der Waals surface area contributed by atoms with E-state index in [1.54, 1.807) is 12.3 Å². The lowest BCUT2D eigenvalue weighted by Crippen LogP contribution is -2.36. The molecule has 3 atom stereocenters. The van der Waals surface area contributed by atoms with E-state index in [1.807, 2.05) is 17.8 Å². The summed E-state index contributed by atoms with van der Waals surface area (Å²) in [6.45, 7) is 0.579. The Morgan fingerprint density at radius 1 is 1.62 bits per heavy atom. The minimum Gasteiger partial charge on any atom is -0.467 e. The summed E-state index contributed by atoms with van der Waals surface area (Å²) in [5.74, 6) is 0.645. The van der Waals surface area contributed by atoms with Gasteiger partial charge in [-0.1, -0.05) is 6.42 Å². The molecule has 3 nitrogen and oxygen atoms in total. The lowest BCUT2D eigenvalue weighted by molar-refractivity contribution is 0.144. The molecule has 2 rings (SSSR count). The van der Waals surface area contributed by atoms with Crippen molar-refractivity contribution in [3.05, 3.63) is 24.2 Å². The van der Waals surface area contributed by atoms with Gasteiger partial charge in [0.2, 0.25) is 0 Å². The minimum absolute atomic E-state index is 0.530. The molecule has 90 valence electrons. The van der Waals surface area contributed by atoms with E-state index < -0.39 is 6.10 Å². The van der Waals surface area contributed by atoms with Gasteiger partial charge in [0.05, 0.1) is 6.26 Å². The fraction of sp³-hybridized carbons (Fsp3) is 0.667. The van der Waals surface area contributed by atoms with Crippen LogP contribution in [0.4, 0.5) is 0 Å². The van der Waals surface area contributed by atoms with Crippen LogP contribution in [0, 0.1) is 0 Å². The van der Waals surface area contributed by atoms with Crippen LogP contribution >= 0.6 is 11.8 Å². The van der Waals surface area contributed by atoms with Crippen molar-refractivity contribution in [3.8, 4) is 0 Å². The molecule has 2 N–H and O–H groups in total. The number of hydrogen-bond donors (Lipinski definition) is 2. The second-order valence-electron chi connectivity index (χ2n) is 4.25. The van der Waals surface area contributed by atoms with Gasteiger partial charge in [0.25, 0.3) is 0 Å². The second kappa shape index (κ2) is 5.75. The summed E-state index contributed by atoms with van der Waals surface area (Å²) in [7, 11) is 0. The monoisotopic (exact) mass is 241 g/mol. The molecular formula is C12H19NO2S.